The van der Waals surface area contributed by atoms with Gasteiger partial charge in [0.25, 0.3) is 15.9 Å². The average molecular weight is 783 g/mol. The Kier molecular flexibility index (Phi) is 12.5. The lowest BCUT2D eigenvalue weighted by Crippen LogP contribution is -2.50. The minimum Gasteiger partial charge on any atom is -0.490 e. The summed E-state index contributed by atoms with van der Waals surface area (Å²) < 4.78 is 54.1. The number of esters is 1. The van der Waals surface area contributed by atoms with Gasteiger partial charge in [-0.3, -0.25) is 4.79 Å². The van der Waals surface area contributed by atoms with Gasteiger partial charge in [0.2, 0.25) is 0 Å². The lowest BCUT2D eigenvalue weighted by molar-refractivity contribution is -0.179. The SMILES string of the molecule is C=CC(C)OC(C)(C)C(=O)NS(=O)(=O)c1ccc2c(c1)N(C[C@@H]1CC[C@H]1C(C=C)OC(=O)C(C)(C)OC(C)C=C)C[C@@]1(CCCc3cc(Cl)ccc31)CO2. The molecule has 1 saturated carbocycles. The normalized spacial score (nSPS) is 22.9. The predicted octanol–water partition coefficient (Wildman–Crippen LogP) is 7.48. The van der Waals surface area contributed by atoms with Gasteiger partial charge in [-0.2, -0.15) is 0 Å². The number of hydrogen-bond donors (Lipinski definition) is 1. The highest BCUT2D eigenvalue weighted by Gasteiger charge is 2.46. The molecule has 1 fully saturated rings. The van der Waals surface area contributed by atoms with Crippen molar-refractivity contribution in [2.75, 3.05) is 24.6 Å². The quantitative estimate of drug-likeness (QED) is 0.145. The number of hydrogen-bond acceptors (Lipinski definition) is 9. The molecule has 3 unspecified atom stereocenters. The minimum atomic E-state index is -4.32. The number of rotatable bonds is 15. The van der Waals surface area contributed by atoms with Crippen molar-refractivity contribution in [3.05, 3.63) is 90.5 Å². The van der Waals surface area contributed by atoms with Crippen LogP contribution in [0.2, 0.25) is 5.02 Å². The number of carbonyl (C=O) groups excluding carboxylic acids is 2. The lowest BCUT2D eigenvalue weighted by Gasteiger charge is -2.46. The summed E-state index contributed by atoms with van der Waals surface area (Å²) in [5.41, 5.74) is -0.0840. The van der Waals surface area contributed by atoms with Crippen LogP contribution in [0.25, 0.3) is 0 Å². The maximum atomic E-state index is 13.8. The molecule has 0 bridgehead atoms. The molecule has 54 heavy (non-hydrogen) atoms. The fourth-order valence-corrected chi connectivity index (χ4v) is 9.12. The third kappa shape index (κ3) is 8.91. The molecular weight excluding hydrogens is 728 g/mol. The highest BCUT2D eigenvalue weighted by Crippen LogP contribution is 2.47. The molecule has 12 heteroatoms. The summed E-state index contributed by atoms with van der Waals surface area (Å²) >= 11 is 6.45. The predicted molar refractivity (Wildman–Crippen MR) is 211 cm³/mol. The number of amides is 1. The standard InChI is InChI=1S/C42H55ClN2O8S/c1-10-27(4)52-40(6,7)38(46)44-54(48,49)32-17-20-37-35(23-32)45(25-42(26-50-37)21-13-14-29-22-31(43)16-19-34(29)42)24-30-15-18-33(30)36(12-3)51-39(47)41(8,9)53-28(5)11-2/h10-12,16-17,19-20,22-23,27-28,30,33,36H,1-3,13-15,18,21,24-26H2,4-9H3,(H,44,46)/t27?,28?,30-,33+,36?,42-/m0/s1. The lowest BCUT2D eigenvalue weighted by atomic mass is 9.68. The molecule has 1 aliphatic heterocycles. The fraction of sp³-hybridized carbons (Fsp3) is 0.524. The van der Waals surface area contributed by atoms with Gasteiger partial charge in [-0.1, -0.05) is 42.5 Å². The number of ether oxygens (including phenoxy) is 4. The smallest absolute Gasteiger partial charge is 0.338 e. The van der Waals surface area contributed by atoms with E-state index in [1.54, 1.807) is 45.1 Å². The Labute approximate surface area is 326 Å². The molecule has 294 valence electrons. The van der Waals surface area contributed by atoms with E-state index in [2.05, 4.69) is 35.4 Å². The minimum absolute atomic E-state index is 0.0218. The Morgan fingerprint density at radius 3 is 2.33 bits per heavy atom. The number of benzene rings is 2. The first-order valence-electron chi connectivity index (χ1n) is 18.7. The molecule has 5 rings (SSSR count). The molecule has 3 aliphatic rings. The number of nitrogens with zero attached hydrogens (tertiary/aromatic N) is 1. The fourth-order valence-electron chi connectivity index (χ4n) is 7.81. The molecule has 0 aromatic heterocycles. The van der Waals surface area contributed by atoms with Crippen LogP contribution < -0.4 is 14.4 Å². The van der Waals surface area contributed by atoms with Crippen molar-refractivity contribution >= 4 is 39.2 Å². The third-order valence-corrected chi connectivity index (χ3v) is 12.6. The molecular formula is C42H55ClN2O8S. The van der Waals surface area contributed by atoms with Crippen LogP contribution in [0.5, 0.6) is 5.75 Å². The van der Waals surface area contributed by atoms with Crippen LogP contribution in [0.3, 0.4) is 0 Å². The summed E-state index contributed by atoms with van der Waals surface area (Å²) in [7, 11) is -4.32. The summed E-state index contributed by atoms with van der Waals surface area (Å²) in [4.78, 5) is 28.7. The summed E-state index contributed by atoms with van der Waals surface area (Å²) in [6, 6.07) is 10.7. The molecule has 0 radical (unpaired) electrons. The van der Waals surface area contributed by atoms with Gasteiger partial charge in [0.1, 0.15) is 17.5 Å². The van der Waals surface area contributed by atoms with Gasteiger partial charge in [-0.25, -0.2) is 17.9 Å². The second kappa shape index (κ2) is 16.2. The average Bonchev–Trinajstić information content (AvgIpc) is 3.25. The van der Waals surface area contributed by atoms with Gasteiger partial charge in [-0.05, 0) is 121 Å². The van der Waals surface area contributed by atoms with Crippen molar-refractivity contribution in [3.63, 3.8) is 0 Å². The van der Waals surface area contributed by atoms with Crippen LogP contribution in [-0.2, 0) is 45.7 Å². The van der Waals surface area contributed by atoms with Gasteiger partial charge in [0, 0.05) is 29.4 Å². The maximum absolute atomic E-state index is 13.8. The molecule has 1 amide bonds. The van der Waals surface area contributed by atoms with Crippen LogP contribution in [-0.4, -0.2) is 69.5 Å². The van der Waals surface area contributed by atoms with Gasteiger partial charge in [-0.15, -0.1) is 13.2 Å². The monoisotopic (exact) mass is 782 g/mol. The Hall–Kier alpha value is -3.64. The molecule has 6 atom stereocenters. The summed E-state index contributed by atoms with van der Waals surface area (Å²) in [6.45, 7) is 22.8. The Morgan fingerprint density at radius 1 is 1.02 bits per heavy atom. The van der Waals surface area contributed by atoms with Gasteiger partial charge in [0.15, 0.2) is 5.60 Å². The Morgan fingerprint density at radius 2 is 1.70 bits per heavy atom. The topological polar surface area (TPSA) is 120 Å². The van der Waals surface area contributed by atoms with Gasteiger partial charge in [0.05, 0.1) is 29.4 Å². The molecule has 1 spiro atoms. The summed E-state index contributed by atoms with van der Waals surface area (Å²) in [5, 5.41) is 0.680. The number of carbonyl (C=O) groups is 2. The highest BCUT2D eigenvalue weighted by atomic mass is 35.5. The zero-order chi connectivity index (χ0) is 39.6. The van der Waals surface area contributed by atoms with E-state index in [-0.39, 0.29) is 22.8 Å². The van der Waals surface area contributed by atoms with Crippen LogP contribution in [0, 0.1) is 11.8 Å². The number of halogens is 1. The maximum Gasteiger partial charge on any atom is 0.338 e. The molecule has 0 saturated heterocycles. The van der Waals surface area contributed by atoms with Crippen LogP contribution >= 0.6 is 11.6 Å². The van der Waals surface area contributed by atoms with Crippen molar-refractivity contribution in [1.82, 2.24) is 4.72 Å². The molecule has 1 N–H and O–H groups in total. The van der Waals surface area contributed by atoms with Crippen molar-refractivity contribution in [2.24, 2.45) is 11.8 Å². The zero-order valence-electron chi connectivity index (χ0n) is 32.4. The van der Waals surface area contributed by atoms with Crippen molar-refractivity contribution in [1.29, 1.82) is 0 Å². The first kappa shape index (κ1) is 41.5. The number of anilines is 1. The van der Waals surface area contributed by atoms with Crippen LogP contribution in [0.1, 0.15) is 78.4 Å². The van der Waals surface area contributed by atoms with E-state index in [9.17, 15) is 18.0 Å². The highest BCUT2D eigenvalue weighted by molar-refractivity contribution is 7.90. The van der Waals surface area contributed by atoms with E-state index < -0.39 is 50.7 Å². The van der Waals surface area contributed by atoms with E-state index >= 15 is 0 Å². The largest absolute Gasteiger partial charge is 0.490 e. The van der Waals surface area contributed by atoms with E-state index in [0.29, 0.717) is 36.2 Å². The third-order valence-electron chi connectivity index (χ3n) is 11.0. The van der Waals surface area contributed by atoms with E-state index in [4.69, 9.17) is 30.5 Å². The van der Waals surface area contributed by atoms with Crippen molar-refractivity contribution in [3.8, 4) is 5.75 Å². The second-order valence-electron chi connectivity index (χ2n) is 15.9. The van der Waals surface area contributed by atoms with E-state index in [0.717, 1.165) is 32.1 Å². The van der Waals surface area contributed by atoms with Crippen molar-refractivity contribution in [2.45, 2.75) is 113 Å². The molecule has 1 heterocycles. The zero-order valence-corrected chi connectivity index (χ0v) is 33.9. The number of nitrogens with one attached hydrogen (secondary N) is 1. The Bertz CT molecular complexity index is 1880. The van der Waals surface area contributed by atoms with E-state index in [1.165, 1.54) is 37.1 Å². The van der Waals surface area contributed by atoms with Crippen molar-refractivity contribution < 1.29 is 37.0 Å². The molecule has 10 nitrogen and oxygen atoms in total. The molecule has 2 aliphatic carbocycles. The van der Waals surface area contributed by atoms with Crippen LogP contribution in [0.15, 0.2) is 79.3 Å². The first-order valence-corrected chi connectivity index (χ1v) is 20.5. The van der Waals surface area contributed by atoms with Gasteiger partial charge < -0.3 is 23.8 Å². The number of aryl methyl sites for hydroxylation is 1. The summed E-state index contributed by atoms with van der Waals surface area (Å²) in [6.07, 6.45) is 7.88. The molecule has 2 aromatic carbocycles. The van der Waals surface area contributed by atoms with Crippen LogP contribution in [0.4, 0.5) is 5.69 Å². The summed E-state index contributed by atoms with van der Waals surface area (Å²) in [5.74, 6) is -0.685. The number of fused-ring (bicyclic) bond motifs is 3. The number of sulfonamides is 1. The van der Waals surface area contributed by atoms with E-state index in [1.807, 2.05) is 19.1 Å². The second-order valence-corrected chi connectivity index (χ2v) is 18.0. The van der Waals surface area contributed by atoms with Gasteiger partial charge >= 0.3 is 5.97 Å². The first-order chi connectivity index (χ1) is 25.3. The molecule has 2 aromatic rings. The Balaban J connectivity index is 1.47.